The van der Waals surface area contributed by atoms with Crippen molar-refractivity contribution in [3.63, 3.8) is 0 Å². The highest BCUT2D eigenvalue weighted by Gasteiger charge is 2.19. The zero-order valence-corrected chi connectivity index (χ0v) is 14.6. The van der Waals surface area contributed by atoms with Gasteiger partial charge in [-0.2, -0.15) is 5.10 Å². The largest absolute Gasteiger partial charge is 0.504 e. The van der Waals surface area contributed by atoms with Crippen LogP contribution in [0, 0.1) is 0 Å². The number of hydrogen-bond acceptors (Lipinski definition) is 7. The number of aromatic nitrogens is 2. The summed E-state index contributed by atoms with van der Waals surface area (Å²) in [5.74, 6) is 1.19. The Morgan fingerprint density at radius 1 is 1.28 bits per heavy atom. The van der Waals surface area contributed by atoms with Crippen molar-refractivity contribution in [3.8, 4) is 11.5 Å². The van der Waals surface area contributed by atoms with Crippen LogP contribution in [0.25, 0.3) is 10.2 Å². The van der Waals surface area contributed by atoms with Crippen LogP contribution < -0.4 is 10.2 Å². The fourth-order valence-corrected chi connectivity index (χ4v) is 4.38. The molecule has 1 aliphatic rings. The minimum atomic E-state index is 0.0660. The Kier molecular flexibility index (Phi) is 4.23. The van der Waals surface area contributed by atoms with Crippen molar-refractivity contribution in [1.29, 1.82) is 0 Å². The number of rotatable bonds is 4. The maximum atomic E-state index is 10.1. The molecule has 128 valence electrons. The highest BCUT2D eigenvalue weighted by atomic mass is 32.1. The highest BCUT2D eigenvalue weighted by molar-refractivity contribution is 7.19. The second kappa shape index (κ2) is 6.68. The maximum Gasteiger partial charge on any atom is 0.166 e. The summed E-state index contributed by atoms with van der Waals surface area (Å²) in [4.78, 5) is 11.2. The monoisotopic (exact) mass is 354 g/mol. The molecule has 1 aromatic carbocycles. The number of ether oxygens (including phenoxy) is 1. The molecule has 2 N–H and O–H groups in total. The van der Waals surface area contributed by atoms with Gasteiger partial charge in [-0.05, 0) is 43.4 Å². The molecule has 3 aromatic rings. The topological polar surface area (TPSA) is 79.6 Å². The lowest BCUT2D eigenvalue weighted by Crippen LogP contribution is -2.01. The summed E-state index contributed by atoms with van der Waals surface area (Å²) in [7, 11) is 1.52. The number of nitrogens with one attached hydrogen (secondary N) is 1. The lowest BCUT2D eigenvalue weighted by Gasteiger charge is -2.11. The molecule has 0 aliphatic heterocycles. The molecule has 2 aromatic heterocycles. The standard InChI is InChI=1S/C18H18N4O2S/c1-24-13-7-4-5-11(16(13)23)9-21-22-17-15-12-6-2-3-8-14(12)25-18(15)20-10-19-17/h4-5,7,9-10,23H,2-3,6,8H2,1H3,(H,19,20,22)/b21-9+. The molecule has 2 heterocycles. The van der Waals surface area contributed by atoms with Gasteiger partial charge >= 0.3 is 0 Å². The molecule has 1 aliphatic carbocycles. The lowest BCUT2D eigenvalue weighted by molar-refractivity contribution is 0.373. The number of thiophene rings is 1. The summed E-state index contributed by atoms with van der Waals surface area (Å²) in [5, 5.41) is 15.4. The summed E-state index contributed by atoms with van der Waals surface area (Å²) < 4.78 is 5.11. The van der Waals surface area contributed by atoms with Gasteiger partial charge in [0.1, 0.15) is 11.2 Å². The van der Waals surface area contributed by atoms with Crippen molar-refractivity contribution in [2.45, 2.75) is 25.7 Å². The van der Waals surface area contributed by atoms with Crippen LogP contribution in [0.1, 0.15) is 28.8 Å². The predicted octanol–water partition coefficient (Wildman–Crippen LogP) is 3.73. The van der Waals surface area contributed by atoms with E-state index >= 15 is 0 Å². The van der Waals surface area contributed by atoms with Gasteiger partial charge in [0, 0.05) is 10.4 Å². The van der Waals surface area contributed by atoms with E-state index in [1.165, 1.54) is 30.4 Å². The lowest BCUT2D eigenvalue weighted by atomic mass is 9.97. The maximum absolute atomic E-state index is 10.1. The Labute approximate surface area is 149 Å². The normalized spacial score (nSPS) is 14.0. The molecule has 0 unspecified atom stereocenters. The number of aromatic hydroxyl groups is 1. The van der Waals surface area contributed by atoms with E-state index in [0.717, 1.165) is 23.1 Å². The number of anilines is 1. The molecule has 0 atom stereocenters. The molecular weight excluding hydrogens is 336 g/mol. The molecule has 6 nitrogen and oxygen atoms in total. The Morgan fingerprint density at radius 3 is 3.04 bits per heavy atom. The highest BCUT2D eigenvalue weighted by Crippen LogP contribution is 2.38. The molecule has 0 saturated heterocycles. The number of phenols is 1. The Bertz CT molecular complexity index is 952. The number of methoxy groups -OCH3 is 1. The quantitative estimate of drug-likeness (QED) is 0.551. The number of para-hydroxylation sites is 1. The zero-order chi connectivity index (χ0) is 17.2. The van der Waals surface area contributed by atoms with Crippen LogP contribution in [0.2, 0.25) is 0 Å². The predicted molar refractivity (Wildman–Crippen MR) is 99.9 cm³/mol. The molecule has 25 heavy (non-hydrogen) atoms. The third kappa shape index (κ3) is 2.91. The summed E-state index contributed by atoms with van der Waals surface area (Å²) >= 11 is 1.75. The van der Waals surface area contributed by atoms with E-state index in [9.17, 15) is 5.11 Å². The molecule has 0 bridgehead atoms. The SMILES string of the molecule is COc1cccc(/C=N/Nc2ncnc3sc4c(c23)CCCC4)c1O. The van der Waals surface area contributed by atoms with E-state index in [0.29, 0.717) is 17.1 Å². The summed E-state index contributed by atoms with van der Waals surface area (Å²) in [6, 6.07) is 5.27. The number of nitrogens with zero attached hydrogens (tertiary/aromatic N) is 3. The molecule has 0 fully saturated rings. The van der Waals surface area contributed by atoms with Gasteiger partial charge in [-0.3, -0.25) is 5.43 Å². The van der Waals surface area contributed by atoms with Gasteiger partial charge in [-0.1, -0.05) is 6.07 Å². The number of aryl methyl sites for hydroxylation is 2. The molecule has 0 radical (unpaired) electrons. The van der Waals surface area contributed by atoms with Crippen molar-refractivity contribution < 1.29 is 9.84 Å². The Morgan fingerprint density at radius 2 is 2.16 bits per heavy atom. The van der Waals surface area contributed by atoms with E-state index in [1.54, 1.807) is 42.1 Å². The van der Waals surface area contributed by atoms with Gasteiger partial charge in [-0.15, -0.1) is 11.3 Å². The average Bonchev–Trinajstić information content (AvgIpc) is 3.02. The summed E-state index contributed by atoms with van der Waals surface area (Å²) in [5.41, 5.74) is 4.94. The van der Waals surface area contributed by atoms with Crippen LogP contribution in [-0.2, 0) is 12.8 Å². The number of phenolic OH excluding ortho intramolecular Hbond substituents is 1. The first-order valence-corrected chi connectivity index (χ1v) is 9.00. The van der Waals surface area contributed by atoms with Crippen molar-refractivity contribution in [2.24, 2.45) is 5.10 Å². The first-order valence-electron chi connectivity index (χ1n) is 8.18. The van der Waals surface area contributed by atoms with Crippen LogP contribution in [-0.4, -0.2) is 28.4 Å². The number of fused-ring (bicyclic) bond motifs is 3. The second-order valence-corrected chi connectivity index (χ2v) is 6.97. The number of benzene rings is 1. The molecule has 0 spiro atoms. The number of hydrazone groups is 1. The third-order valence-electron chi connectivity index (χ3n) is 4.38. The van der Waals surface area contributed by atoms with Crippen molar-refractivity contribution >= 4 is 33.6 Å². The van der Waals surface area contributed by atoms with Crippen LogP contribution in [0.3, 0.4) is 0 Å². The van der Waals surface area contributed by atoms with Crippen LogP contribution in [0.15, 0.2) is 29.6 Å². The first kappa shape index (κ1) is 15.8. The fraction of sp³-hybridized carbons (Fsp3) is 0.278. The van der Waals surface area contributed by atoms with Crippen LogP contribution in [0.4, 0.5) is 5.82 Å². The van der Waals surface area contributed by atoms with E-state index in [1.807, 2.05) is 0 Å². The van der Waals surface area contributed by atoms with E-state index < -0.39 is 0 Å². The van der Waals surface area contributed by atoms with Crippen molar-refractivity contribution in [1.82, 2.24) is 9.97 Å². The molecule has 4 rings (SSSR count). The van der Waals surface area contributed by atoms with Crippen LogP contribution in [0.5, 0.6) is 11.5 Å². The van der Waals surface area contributed by atoms with Gasteiger partial charge < -0.3 is 9.84 Å². The van der Waals surface area contributed by atoms with E-state index in [-0.39, 0.29) is 5.75 Å². The second-order valence-electron chi connectivity index (χ2n) is 5.88. The Hall–Kier alpha value is -2.67. The van der Waals surface area contributed by atoms with Crippen molar-refractivity contribution in [3.05, 3.63) is 40.5 Å². The number of hydrogen-bond donors (Lipinski definition) is 2. The smallest absolute Gasteiger partial charge is 0.166 e. The minimum absolute atomic E-state index is 0.0660. The van der Waals surface area contributed by atoms with Gasteiger partial charge in [0.2, 0.25) is 0 Å². The van der Waals surface area contributed by atoms with Gasteiger partial charge in [0.05, 0.1) is 18.7 Å². The molecule has 0 saturated carbocycles. The molecule has 7 heteroatoms. The Balaban J connectivity index is 1.64. The minimum Gasteiger partial charge on any atom is -0.504 e. The summed E-state index contributed by atoms with van der Waals surface area (Å²) in [6.07, 6.45) is 7.75. The summed E-state index contributed by atoms with van der Waals surface area (Å²) in [6.45, 7) is 0. The molecule has 0 amide bonds. The van der Waals surface area contributed by atoms with Crippen molar-refractivity contribution in [2.75, 3.05) is 12.5 Å². The van der Waals surface area contributed by atoms with Crippen LogP contribution >= 0.6 is 11.3 Å². The van der Waals surface area contributed by atoms with Gasteiger partial charge in [-0.25, -0.2) is 9.97 Å². The average molecular weight is 354 g/mol. The first-order chi connectivity index (χ1) is 12.3. The zero-order valence-electron chi connectivity index (χ0n) is 13.8. The van der Waals surface area contributed by atoms with Gasteiger partial charge in [0.25, 0.3) is 0 Å². The third-order valence-corrected chi connectivity index (χ3v) is 5.58. The van der Waals surface area contributed by atoms with E-state index in [2.05, 4.69) is 20.5 Å². The fourth-order valence-electron chi connectivity index (χ4n) is 3.15. The molecular formula is C18H18N4O2S. The van der Waals surface area contributed by atoms with Gasteiger partial charge in [0.15, 0.2) is 17.3 Å². The van der Waals surface area contributed by atoms with E-state index in [4.69, 9.17) is 4.74 Å².